The molecule has 22 heavy (non-hydrogen) atoms. The van der Waals surface area contributed by atoms with Gasteiger partial charge in [-0.1, -0.05) is 12.8 Å². The summed E-state index contributed by atoms with van der Waals surface area (Å²) in [5.41, 5.74) is 1.91. The van der Waals surface area contributed by atoms with Crippen LogP contribution in [0.3, 0.4) is 0 Å². The smallest absolute Gasteiger partial charge is 0.256 e. The minimum absolute atomic E-state index is 0.0509. The van der Waals surface area contributed by atoms with E-state index >= 15 is 0 Å². The van der Waals surface area contributed by atoms with Crippen LogP contribution in [0.2, 0.25) is 0 Å². The van der Waals surface area contributed by atoms with Crippen molar-refractivity contribution >= 4 is 29.1 Å². The topological polar surface area (TPSA) is 66.5 Å². The van der Waals surface area contributed by atoms with Gasteiger partial charge in [0.1, 0.15) is 6.04 Å². The molecule has 3 aliphatic rings. The monoisotopic (exact) mass is 318 g/mol. The van der Waals surface area contributed by atoms with E-state index in [-0.39, 0.29) is 17.7 Å². The molecule has 1 aromatic rings. The van der Waals surface area contributed by atoms with Gasteiger partial charge in [0.25, 0.3) is 5.91 Å². The number of nitrogens with one attached hydrogen (secondary N) is 1. The third kappa shape index (κ3) is 2.08. The van der Waals surface area contributed by atoms with Crippen LogP contribution in [0.5, 0.6) is 0 Å². The summed E-state index contributed by atoms with van der Waals surface area (Å²) in [7, 11) is 0. The molecule has 0 spiro atoms. The minimum atomic E-state index is -0.501. The molecular weight excluding hydrogens is 300 g/mol. The molecular formula is C16H18N2O3S. The summed E-state index contributed by atoms with van der Waals surface area (Å²) < 4.78 is 0. The Labute approximate surface area is 132 Å². The van der Waals surface area contributed by atoms with E-state index in [0.717, 1.165) is 11.1 Å². The van der Waals surface area contributed by atoms with Crippen molar-refractivity contribution in [3.05, 3.63) is 21.4 Å². The van der Waals surface area contributed by atoms with E-state index in [2.05, 4.69) is 5.32 Å². The van der Waals surface area contributed by atoms with Crippen LogP contribution in [0.15, 0.2) is 5.38 Å². The van der Waals surface area contributed by atoms with Gasteiger partial charge in [-0.15, -0.1) is 11.3 Å². The Bertz CT molecular complexity index is 660. The Morgan fingerprint density at radius 2 is 1.91 bits per heavy atom. The van der Waals surface area contributed by atoms with Gasteiger partial charge in [-0.2, -0.15) is 0 Å². The molecule has 1 aromatic heterocycles. The van der Waals surface area contributed by atoms with Crippen LogP contribution < -0.4 is 5.32 Å². The highest BCUT2D eigenvalue weighted by atomic mass is 32.1. The van der Waals surface area contributed by atoms with E-state index in [1.165, 1.54) is 30.6 Å². The number of piperidine rings is 1. The molecule has 6 heteroatoms. The maximum atomic E-state index is 12.6. The molecule has 3 amide bonds. The molecule has 0 aromatic carbocycles. The number of carbonyl (C=O) groups excluding carboxylic acids is 3. The molecule has 116 valence electrons. The van der Waals surface area contributed by atoms with Crippen LogP contribution in [-0.2, 0) is 16.1 Å². The molecule has 1 saturated carbocycles. The van der Waals surface area contributed by atoms with Gasteiger partial charge >= 0.3 is 0 Å². The molecule has 1 aliphatic carbocycles. The van der Waals surface area contributed by atoms with Crippen LogP contribution in [0.25, 0.3) is 0 Å². The predicted molar refractivity (Wildman–Crippen MR) is 81.6 cm³/mol. The van der Waals surface area contributed by atoms with Gasteiger partial charge in [0.05, 0.1) is 5.56 Å². The third-order valence-electron chi connectivity index (χ3n) is 5.06. The van der Waals surface area contributed by atoms with E-state index in [1.54, 1.807) is 16.2 Å². The summed E-state index contributed by atoms with van der Waals surface area (Å²) in [6, 6.07) is -0.501. The molecule has 5 nitrogen and oxygen atoms in total. The molecule has 1 saturated heterocycles. The fourth-order valence-corrected chi connectivity index (χ4v) is 5.13. The van der Waals surface area contributed by atoms with Crippen molar-refractivity contribution in [2.24, 2.45) is 0 Å². The van der Waals surface area contributed by atoms with Crippen molar-refractivity contribution < 1.29 is 14.4 Å². The van der Waals surface area contributed by atoms with Gasteiger partial charge in [-0.25, -0.2) is 0 Å². The Balaban J connectivity index is 1.59. The van der Waals surface area contributed by atoms with Gasteiger partial charge in [0.15, 0.2) is 0 Å². The van der Waals surface area contributed by atoms with E-state index in [9.17, 15) is 14.4 Å². The van der Waals surface area contributed by atoms with Crippen molar-refractivity contribution in [3.63, 3.8) is 0 Å². The molecule has 1 unspecified atom stereocenters. The summed E-state index contributed by atoms with van der Waals surface area (Å²) >= 11 is 1.70. The highest BCUT2D eigenvalue weighted by Crippen LogP contribution is 2.43. The largest absolute Gasteiger partial charge is 0.322 e. The number of hydrogen-bond donors (Lipinski definition) is 1. The fourth-order valence-electron chi connectivity index (χ4n) is 3.90. The van der Waals surface area contributed by atoms with E-state index in [4.69, 9.17) is 0 Å². The number of amides is 3. The van der Waals surface area contributed by atoms with Crippen molar-refractivity contribution in [1.29, 1.82) is 0 Å². The minimum Gasteiger partial charge on any atom is -0.322 e. The lowest BCUT2D eigenvalue weighted by molar-refractivity contribution is -0.136. The van der Waals surface area contributed by atoms with Crippen LogP contribution in [0, 0.1) is 0 Å². The first-order chi connectivity index (χ1) is 10.6. The summed E-state index contributed by atoms with van der Waals surface area (Å²) in [5.74, 6) is -0.0391. The molecule has 1 atom stereocenters. The average molecular weight is 318 g/mol. The van der Waals surface area contributed by atoms with Crippen LogP contribution in [0.1, 0.15) is 65.2 Å². The standard InChI is InChI=1S/C16H18N2O3S/c19-13-6-5-12(15(20)17-13)18-7-10-11(16(18)21)8-22-14(10)9-3-1-2-4-9/h8-9,12H,1-7H2,(H,17,19,20). The van der Waals surface area contributed by atoms with Gasteiger partial charge in [-0.3, -0.25) is 19.7 Å². The normalized spacial score (nSPS) is 25.7. The second kappa shape index (κ2) is 5.19. The quantitative estimate of drug-likeness (QED) is 0.850. The Hall–Kier alpha value is -1.69. The Kier molecular flexibility index (Phi) is 3.29. The molecule has 3 heterocycles. The number of hydrogen-bond acceptors (Lipinski definition) is 4. The van der Waals surface area contributed by atoms with Gasteiger partial charge in [-0.05, 0) is 30.7 Å². The maximum Gasteiger partial charge on any atom is 0.256 e. The Morgan fingerprint density at radius 1 is 1.14 bits per heavy atom. The molecule has 0 radical (unpaired) electrons. The van der Waals surface area contributed by atoms with Crippen molar-refractivity contribution in [3.8, 4) is 0 Å². The first-order valence-electron chi connectivity index (χ1n) is 7.90. The first-order valence-corrected chi connectivity index (χ1v) is 8.78. The molecule has 1 N–H and O–H groups in total. The lowest BCUT2D eigenvalue weighted by atomic mass is 10.0. The van der Waals surface area contributed by atoms with Gasteiger partial charge in [0.2, 0.25) is 11.8 Å². The second-order valence-corrected chi connectivity index (χ2v) is 7.28. The van der Waals surface area contributed by atoms with Crippen molar-refractivity contribution in [2.75, 3.05) is 0 Å². The summed E-state index contributed by atoms with van der Waals surface area (Å²) in [5, 5.41) is 4.30. The number of imide groups is 1. The van der Waals surface area contributed by atoms with E-state index < -0.39 is 6.04 Å². The Morgan fingerprint density at radius 3 is 2.64 bits per heavy atom. The van der Waals surface area contributed by atoms with E-state index in [0.29, 0.717) is 25.3 Å². The first kappa shape index (κ1) is 13.9. The molecule has 2 aliphatic heterocycles. The summed E-state index contributed by atoms with van der Waals surface area (Å²) in [6.07, 6.45) is 5.69. The zero-order valence-electron chi connectivity index (χ0n) is 12.3. The number of fused-ring (bicyclic) bond motifs is 1. The van der Waals surface area contributed by atoms with Crippen molar-refractivity contribution in [2.45, 2.75) is 57.0 Å². The summed E-state index contributed by atoms with van der Waals surface area (Å²) in [6.45, 7) is 0.524. The highest BCUT2D eigenvalue weighted by Gasteiger charge is 2.41. The predicted octanol–water partition coefficient (Wildman–Crippen LogP) is 2.17. The fraction of sp³-hybridized carbons (Fsp3) is 0.562. The zero-order valence-corrected chi connectivity index (χ0v) is 13.1. The van der Waals surface area contributed by atoms with Crippen LogP contribution in [-0.4, -0.2) is 28.7 Å². The van der Waals surface area contributed by atoms with E-state index in [1.807, 2.05) is 5.38 Å². The molecule has 4 rings (SSSR count). The lowest BCUT2D eigenvalue weighted by Crippen LogP contribution is -2.52. The maximum absolute atomic E-state index is 12.6. The third-order valence-corrected chi connectivity index (χ3v) is 6.25. The zero-order chi connectivity index (χ0) is 15.3. The number of carbonyl (C=O) groups is 3. The summed E-state index contributed by atoms with van der Waals surface area (Å²) in [4.78, 5) is 38.9. The second-order valence-electron chi connectivity index (χ2n) is 6.37. The van der Waals surface area contributed by atoms with Gasteiger partial charge in [0, 0.05) is 23.2 Å². The van der Waals surface area contributed by atoms with Crippen LogP contribution >= 0.6 is 11.3 Å². The van der Waals surface area contributed by atoms with Crippen LogP contribution in [0.4, 0.5) is 0 Å². The number of nitrogens with zero attached hydrogens (tertiary/aromatic N) is 1. The average Bonchev–Trinajstić information content (AvgIpc) is 3.18. The highest BCUT2D eigenvalue weighted by molar-refractivity contribution is 7.10. The number of thiophene rings is 1. The SMILES string of the molecule is O=C1CCC(N2Cc3c(csc3C3CCCC3)C2=O)C(=O)N1. The molecule has 0 bridgehead atoms. The van der Waals surface area contributed by atoms with Crippen molar-refractivity contribution in [1.82, 2.24) is 10.2 Å². The van der Waals surface area contributed by atoms with Gasteiger partial charge < -0.3 is 4.90 Å². The molecule has 2 fully saturated rings. The lowest BCUT2D eigenvalue weighted by Gasteiger charge is -2.29. The number of rotatable bonds is 2.